The molecular weight excluding hydrogens is 250 g/mol. The Morgan fingerprint density at radius 3 is 2.84 bits per heavy atom. The molecule has 0 spiro atoms. The lowest BCUT2D eigenvalue weighted by Gasteiger charge is -2.23. The summed E-state index contributed by atoms with van der Waals surface area (Å²) in [7, 11) is 0. The van der Waals surface area contributed by atoms with Gasteiger partial charge in [0.15, 0.2) is 5.69 Å². The maximum atomic E-state index is 11.7. The number of carbonyl (C=O) groups excluding carboxylic acids is 2. The molecular formula is C12H17N3O4. The molecule has 19 heavy (non-hydrogen) atoms. The highest BCUT2D eigenvalue weighted by atomic mass is 16.5. The van der Waals surface area contributed by atoms with Crippen LogP contribution in [0.3, 0.4) is 0 Å². The van der Waals surface area contributed by atoms with Crippen molar-refractivity contribution in [1.82, 2.24) is 9.78 Å². The molecule has 0 saturated heterocycles. The number of hydrogen-bond donors (Lipinski definition) is 1. The van der Waals surface area contributed by atoms with Crippen LogP contribution >= 0.6 is 0 Å². The molecule has 0 aliphatic carbocycles. The summed E-state index contributed by atoms with van der Waals surface area (Å²) < 4.78 is 11.5. The standard InChI is InChI=1S/C12H17N3O4/c1-3-18-11(16)8-6-13-10-5-9(12(17)19-4-2)14-15(10)7-8/h5,8,13H,3-4,6-7H2,1-2H3. The molecule has 1 unspecified atom stereocenters. The fourth-order valence-electron chi connectivity index (χ4n) is 1.92. The summed E-state index contributed by atoms with van der Waals surface area (Å²) in [6, 6.07) is 1.62. The second-order valence-corrected chi connectivity index (χ2v) is 4.15. The molecule has 7 heteroatoms. The van der Waals surface area contributed by atoms with Gasteiger partial charge in [-0.1, -0.05) is 0 Å². The van der Waals surface area contributed by atoms with Crippen molar-refractivity contribution in [2.75, 3.05) is 25.1 Å². The summed E-state index contributed by atoms with van der Waals surface area (Å²) in [4.78, 5) is 23.2. The topological polar surface area (TPSA) is 82.5 Å². The van der Waals surface area contributed by atoms with Crippen molar-refractivity contribution in [1.29, 1.82) is 0 Å². The van der Waals surface area contributed by atoms with E-state index in [1.54, 1.807) is 24.6 Å². The van der Waals surface area contributed by atoms with Crippen molar-refractivity contribution in [3.63, 3.8) is 0 Å². The predicted molar refractivity (Wildman–Crippen MR) is 66.8 cm³/mol. The monoisotopic (exact) mass is 267 g/mol. The van der Waals surface area contributed by atoms with Crippen LogP contribution in [0.2, 0.25) is 0 Å². The van der Waals surface area contributed by atoms with Crippen LogP contribution in [0.15, 0.2) is 6.07 Å². The zero-order chi connectivity index (χ0) is 13.8. The Bertz CT molecular complexity index is 483. The van der Waals surface area contributed by atoms with Crippen LogP contribution in [0.1, 0.15) is 24.3 Å². The lowest BCUT2D eigenvalue weighted by molar-refractivity contribution is -0.148. The number of aromatic nitrogens is 2. The minimum absolute atomic E-state index is 0.244. The maximum Gasteiger partial charge on any atom is 0.358 e. The molecule has 2 rings (SSSR count). The lowest BCUT2D eigenvalue weighted by atomic mass is 10.1. The summed E-state index contributed by atoms with van der Waals surface area (Å²) in [5.74, 6) is -0.293. The van der Waals surface area contributed by atoms with Gasteiger partial charge >= 0.3 is 11.9 Å². The van der Waals surface area contributed by atoms with Gasteiger partial charge in [0.1, 0.15) is 5.82 Å². The SMILES string of the molecule is CCOC(=O)c1cc2n(n1)CC(C(=O)OCC)CN2. The third-order valence-corrected chi connectivity index (χ3v) is 2.81. The van der Waals surface area contributed by atoms with E-state index in [-0.39, 0.29) is 17.6 Å². The Morgan fingerprint density at radius 1 is 1.42 bits per heavy atom. The van der Waals surface area contributed by atoms with Gasteiger partial charge in [-0.2, -0.15) is 5.10 Å². The van der Waals surface area contributed by atoms with Crippen LogP contribution in [-0.4, -0.2) is 41.5 Å². The highest BCUT2D eigenvalue weighted by Crippen LogP contribution is 2.20. The molecule has 0 fully saturated rings. The van der Waals surface area contributed by atoms with E-state index in [0.29, 0.717) is 32.1 Å². The molecule has 0 amide bonds. The van der Waals surface area contributed by atoms with Crippen molar-refractivity contribution >= 4 is 17.8 Å². The van der Waals surface area contributed by atoms with Crippen molar-refractivity contribution in [2.24, 2.45) is 5.92 Å². The average Bonchev–Trinajstić information content (AvgIpc) is 2.82. The zero-order valence-electron chi connectivity index (χ0n) is 11.0. The summed E-state index contributed by atoms with van der Waals surface area (Å²) in [6.07, 6.45) is 0. The second kappa shape index (κ2) is 5.73. The number of hydrogen-bond acceptors (Lipinski definition) is 6. The van der Waals surface area contributed by atoms with Crippen LogP contribution < -0.4 is 5.32 Å². The van der Waals surface area contributed by atoms with Gasteiger partial charge in [-0.3, -0.25) is 4.79 Å². The molecule has 0 aromatic carbocycles. The van der Waals surface area contributed by atoms with Gasteiger partial charge in [-0.15, -0.1) is 0 Å². The summed E-state index contributed by atoms with van der Waals surface area (Å²) >= 11 is 0. The van der Waals surface area contributed by atoms with Crippen LogP contribution in [0.5, 0.6) is 0 Å². The second-order valence-electron chi connectivity index (χ2n) is 4.15. The van der Waals surface area contributed by atoms with Gasteiger partial charge in [0.05, 0.1) is 25.7 Å². The first kappa shape index (κ1) is 13.4. The molecule has 1 aromatic heterocycles. The molecule has 0 saturated carbocycles. The molecule has 1 aliphatic heterocycles. The smallest absolute Gasteiger partial charge is 0.358 e. The fourth-order valence-corrected chi connectivity index (χ4v) is 1.92. The zero-order valence-corrected chi connectivity index (χ0v) is 11.0. The van der Waals surface area contributed by atoms with Crippen molar-refractivity contribution in [3.05, 3.63) is 11.8 Å². The van der Waals surface area contributed by atoms with Crippen molar-refractivity contribution < 1.29 is 19.1 Å². The number of esters is 2. The van der Waals surface area contributed by atoms with Gasteiger partial charge in [0, 0.05) is 12.6 Å². The van der Waals surface area contributed by atoms with Crippen molar-refractivity contribution in [2.45, 2.75) is 20.4 Å². The first-order valence-corrected chi connectivity index (χ1v) is 6.31. The first-order chi connectivity index (χ1) is 9.15. The lowest BCUT2D eigenvalue weighted by Crippen LogP contribution is -2.34. The minimum atomic E-state index is -0.459. The highest BCUT2D eigenvalue weighted by molar-refractivity contribution is 5.88. The molecule has 104 valence electrons. The van der Waals surface area contributed by atoms with Crippen LogP contribution in [0.25, 0.3) is 0 Å². The van der Waals surface area contributed by atoms with E-state index in [9.17, 15) is 9.59 Å². The van der Waals surface area contributed by atoms with Gasteiger partial charge in [-0.05, 0) is 13.8 Å². The predicted octanol–water partition coefficient (Wildman–Crippen LogP) is 0.665. The van der Waals surface area contributed by atoms with E-state index in [2.05, 4.69) is 10.4 Å². The van der Waals surface area contributed by atoms with E-state index in [1.165, 1.54) is 0 Å². The third kappa shape index (κ3) is 2.86. The van der Waals surface area contributed by atoms with Crippen LogP contribution in [-0.2, 0) is 20.8 Å². The van der Waals surface area contributed by atoms with E-state index >= 15 is 0 Å². The minimum Gasteiger partial charge on any atom is -0.466 e. The Balaban J connectivity index is 2.08. The number of carbonyl (C=O) groups is 2. The number of nitrogens with one attached hydrogen (secondary N) is 1. The number of nitrogens with zero attached hydrogens (tertiary/aromatic N) is 2. The number of rotatable bonds is 4. The third-order valence-electron chi connectivity index (χ3n) is 2.81. The summed E-state index contributed by atoms with van der Waals surface area (Å²) in [5.41, 5.74) is 0.244. The fraction of sp³-hybridized carbons (Fsp3) is 0.583. The van der Waals surface area contributed by atoms with Gasteiger partial charge in [-0.25, -0.2) is 9.48 Å². The molecule has 0 bridgehead atoms. The largest absolute Gasteiger partial charge is 0.466 e. The quantitative estimate of drug-likeness (QED) is 0.807. The van der Waals surface area contributed by atoms with Gasteiger partial charge in [0.2, 0.25) is 0 Å². The van der Waals surface area contributed by atoms with E-state index < -0.39 is 5.97 Å². The van der Waals surface area contributed by atoms with E-state index in [0.717, 1.165) is 0 Å². The Morgan fingerprint density at radius 2 is 2.16 bits per heavy atom. The Hall–Kier alpha value is -2.05. The van der Waals surface area contributed by atoms with E-state index in [1.807, 2.05) is 0 Å². The number of anilines is 1. The molecule has 1 atom stereocenters. The first-order valence-electron chi connectivity index (χ1n) is 6.31. The number of ether oxygens (including phenoxy) is 2. The molecule has 1 N–H and O–H groups in total. The molecule has 7 nitrogen and oxygen atoms in total. The molecule has 2 heterocycles. The van der Waals surface area contributed by atoms with Crippen molar-refractivity contribution in [3.8, 4) is 0 Å². The maximum absolute atomic E-state index is 11.7. The van der Waals surface area contributed by atoms with E-state index in [4.69, 9.17) is 9.47 Å². The van der Waals surface area contributed by atoms with Crippen LogP contribution in [0.4, 0.5) is 5.82 Å². The Kier molecular flexibility index (Phi) is 4.03. The van der Waals surface area contributed by atoms with Crippen LogP contribution in [0, 0.1) is 5.92 Å². The average molecular weight is 267 g/mol. The van der Waals surface area contributed by atoms with Gasteiger partial charge < -0.3 is 14.8 Å². The number of fused-ring (bicyclic) bond motifs is 1. The highest BCUT2D eigenvalue weighted by Gasteiger charge is 2.27. The molecule has 1 aliphatic rings. The van der Waals surface area contributed by atoms with Gasteiger partial charge in [0.25, 0.3) is 0 Å². The normalized spacial score (nSPS) is 17.3. The Labute approximate surface area is 110 Å². The summed E-state index contributed by atoms with van der Waals surface area (Å²) in [6.45, 7) is 5.05. The molecule has 0 radical (unpaired) electrons. The molecule has 1 aromatic rings. The summed E-state index contributed by atoms with van der Waals surface area (Å²) in [5, 5.41) is 7.20.